The Hall–Kier alpha value is -2.69. The van der Waals surface area contributed by atoms with Crippen LogP contribution in [0, 0.1) is 0 Å². The fourth-order valence-corrected chi connectivity index (χ4v) is 2.16. The van der Waals surface area contributed by atoms with Gasteiger partial charge in [0.15, 0.2) is 0 Å². The second-order valence-corrected chi connectivity index (χ2v) is 4.41. The summed E-state index contributed by atoms with van der Waals surface area (Å²) in [6.45, 7) is 0. The molecule has 4 rings (SSSR count). The zero-order chi connectivity index (χ0) is 12.8. The van der Waals surface area contributed by atoms with E-state index in [1.54, 1.807) is 12.4 Å². The van der Waals surface area contributed by atoms with Crippen molar-refractivity contribution >= 4 is 22.3 Å². The SMILES string of the molecule is Cn1ccc2cc(-c3nc4cccnc4o3)cnc21. The highest BCUT2D eigenvalue weighted by molar-refractivity contribution is 5.81. The summed E-state index contributed by atoms with van der Waals surface area (Å²) in [6.07, 6.45) is 5.44. The maximum atomic E-state index is 5.64. The number of aromatic nitrogens is 4. The minimum atomic E-state index is 0.547. The molecule has 0 fully saturated rings. The van der Waals surface area contributed by atoms with Gasteiger partial charge in [-0.15, -0.1) is 0 Å². The van der Waals surface area contributed by atoms with Crippen LogP contribution in [0.2, 0.25) is 0 Å². The Morgan fingerprint density at radius 3 is 3.05 bits per heavy atom. The van der Waals surface area contributed by atoms with Crippen LogP contribution in [0.1, 0.15) is 0 Å². The van der Waals surface area contributed by atoms with Gasteiger partial charge in [-0.2, -0.15) is 0 Å². The van der Waals surface area contributed by atoms with Crippen LogP contribution >= 0.6 is 0 Å². The molecule has 0 aliphatic rings. The molecule has 5 heteroatoms. The van der Waals surface area contributed by atoms with Gasteiger partial charge in [-0.25, -0.2) is 15.0 Å². The van der Waals surface area contributed by atoms with Crippen molar-refractivity contribution in [2.24, 2.45) is 7.05 Å². The van der Waals surface area contributed by atoms with E-state index < -0.39 is 0 Å². The van der Waals surface area contributed by atoms with E-state index in [0.717, 1.165) is 22.1 Å². The molecule has 4 heterocycles. The topological polar surface area (TPSA) is 56.7 Å². The van der Waals surface area contributed by atoms with Crippen molar-refractivity contribution in [1.29, 1.82) is 0 Å². The van der Waals surface area contributed by atoms with Crippen molar-refractivity contribution in [1.82, 2.24) is 19.5 Å². The Labute approximate surface area is 108 Å². The molecule has 0 saturated heterocycles. The van der Waals surface area contributed by atoms with Crippen LogP contribution in [0.25, 0.3) is 33.7 Å². The van der Waals surface area contributed by atoms with Crippen molar-refractivity contribution in [3.05, 3.63) is 42.9 Å². The lowest BCUT2D eigenvalue weighted by Gasteiger charge is -1.97. The zero-order valence-electron chi connectivity index (χ0n) is 10.2. The van der Waals surface area contributed by atoms with Gasteiger partial charge in [-0.1, -0.05) is 0 Å². The van der Waals surface area contributed by atoms with Gasteiger partial charge in [-0.3, -0.25) is 0 Å². The molecule has 0 saturated carbocycles. The maximum absolute atomic E-state index is 5.64. The van der Waals surface area contributed by atoms with Crippen molar-refractivity contribution in [2.75, 3.05) is 0 Å². The lowest BCUT2D eigenvalue weighted by molar-refractivity contribution is 0.607. The summed E-state index contributed by atoms with van der Waals surface area (Å²) in [4.78, 5) is 13.0. The Bertz CT molecular complexity index is 858. The van der Waals surface area contributed by atoms with Crippen LogP contribution in [-0.2, 0) is 7.05 Å². The van der Waals surface area contributed by atoms with E-state index in [1.165, 1.54) is 0 Å². The van der Waals surface area contributed by atoms with Crippen LogP contribution in [0.3, 0.4) is 0 Å². The van der Waals surface area contributed by atoms with E-state index >= 15 is 0 Å². The smallest absolute Gasteiger partial charge is 0.247 e. The zero-order valence-corrected chi connectivity index (χ0v) is 10.2. The highest BCUT2D eigenvalue weighted by Crippen LogP contribution is 2.25. The molecule has 4 aromatic heterocycles. The molecular weight excluding hydrogens is 240 g/mol. The minimum Gasteiger partial charge on any atom is -0.418 e. The molecule has 0 radical (unpaired) electrons. The molecular formula is C14H10N4O. The number of oxazole rings is 1. The number of nitrogens with zero attached hydrogens (tertiary/aromatic N) is 4. The van der Waals surface area contributed by atoms with E-state index in [-0.39, 0.29) is 0 Å². The molecule has 0 aliphatic carbocycles. The summed E-state index contributed by atoms with van der Waals surface area (Å²) in [5.74, 6) is 0.548. The quantitative estimate of drug-likeness (QED) is 0.521. The average Bonchev–Trinajstić information content (AvgIpc) is 3.02. The molecule has 92 valence electrons. The lowest BCUT2D eigenvalue weighted by atomic mass is 10.2. The van der Waals surface area contributed by atoms with Gasteiger partial charge in [0, 0.05) is 31.0 Å². The Balaban J connectivity index is 1.93. The molecule has 4 aromatic rings. The molecule has 0 N–H and O–H groups in total. The molecule has 0 atom stereocenters. The van der Waals surface area contributed by atoms with Crippen LogP contribution in [0.15, 0.2) is 47.3 Å². The number of hydrogen-bond acceptors (Lipinski definition) is 4. The second kappa shape index (κ2) is 3.65. The van der Waals surface area contributed by atoms with Gasteiger partial charge < -0.3 is 8.98 Å². The fraction of sp³-hybridized carbons (Fsp3) is 0.0714. The van der Waals surface area contributed by atoms with Gasteiger partial charge in [0.25, 0.3) is 0 Å². The number of rotatable bonds is 1. The minimum absolute atomic E-state index is 0.547. The molecule has 0 aliphatic heterocycles. The Kier molecular flexibility index (Phi) is 1.97. The van der Waals surface area contributed by atoms with Gasteiger partial charge in [0.2, 0.25) is 11.6 Å². The van der Waals surface area contributed by atoms with E-state index in [9.17, 15) is 0 Å². The monoisotopic (exact) mass is 250 g/mol. The van der Waals surface area contributed by atoms with E-state index in [0.29, 0.717) is 11.6 Å². The normalized spacial score (nSPS) is 11.4. The molecule has 5 nitrogen and oxygen atoms in total. The molecule has 0 unspecified atom stereocenters. The van der Waals surface area contributed by atoms with Crippen LogP contribution < -0.4 is 0 Å². The van der Waals surface area contributed by atoms with Crippen molar-refractivity contribution in [2.45, 2.75) is 0 Å². The predicted octanol–water partition coefficient (Wildman–Crippen LogP) is 2.78. The van der Waals surface area contributed by atoms with Crippen LogP contribution in [0.4, 0.5) is 0 Å². The first kappa shape index (κ1) is 10.3. The summed E-state index contributed by atoms with van der Waals surface area (Å²) in [7, 11) is 1.97. The first-order valence-electron chi connectivity index (χ1n) is 5.94. The summed E-state index contributed by atoms with van der Waals surface area (Å²) in [5.41, 5.74) is 3.10. The Morgan fingerprint density at radius 1 is 1.21 bits per heavy atom. The van der Waals surface area contributed by atoms with E-state index in [1.807, 2.05) is 42.1 Å². The van der Waals surface area contributed by atoms with E-state index in [4.69, 9.17) is 4.42 Å². The largest absolute Gasteiger partial charge is 0.418 e. The molecule has 19 heavy (non-hydrogen) atoms. The molecule has 0 amide bonds. The summed E-state index contributed by atoms with van der Waals surface area (Å²) in [6, 6.07) is 7.76. The first-order chi connectivity index (χ1) is 9.31. The van der Waals surface area contributed by atoms with Crippen molar-refractivity contribution in [3.63, 3.8) is 0 Å². The summed E-state index contributed by atoms with van der Waals surface area (Å²) >= 11 is 0. The lowest BCUT2D eigenvalue weighted by Crippen LogP contribution is -1.88. The third kappa shape index (κ3) is 1.52. The maximum Gasteiger partial charge on any atom is 0.247 e. The third-order valence-electron chi connectivity index (χ3n) is 3.12. The van der Waals surface area contributed by atoms with Crippen LogP contribution in [0.5, 0.6) is 0 Å². The van der Waals surface area contributed by atoms with Gasteiger partial charge >= 0.3 is 0 Å². The summed E-state index contributed by atoms with van der Waals surface area (Å²) in [5, 5.41) is 1.07. The fourth-order valence-electron chi connectivity index (χ4n) is 2.16. The van der Waals surface area contributed by atoms with Gasteiger partial charge in [-0.05, 0) is 24.3 Å². The highest BCUT2D eigenvalue weighted by Gasteiger charge is 2.10. The number of pyridine rings is 2. The standard InChI is InChI=1S/C14H10N4O/c1-18-6-4-9-7-10(8-16-12(9)18)13-17-11-3-2-5-15-14(11)19-13/h2-8H,1H3. The molecule has 0 bridgehead atoms. The third-order valence-corrected chi connectivity index (χ3v) is 3.12. The van der Waals surface area contributed by atoms with Crippen LogP contribution in [-0.4, -0.2) is 19.5 Å². The van der Waals surface area contributed by atoms with E-state index in [2.05, 4.69) is 15.0 Å². The van der Waals surface area contributed by atoms with Crippen molar-refractivity contribution < 1.29 is 4.42 Å². The molecule has 0 spiro atoms. The highest BCUT2D eigenvalue weighted by atomic mass is 16.4. The number of aryl methyl sites for hydroxylation is 1. The Morgan fingerprint density at radius 2 is 2.16 bits per heavy atom. The van der Waals surface area contributed by atoms with Gasteiger partial charge in [0.1, 0.15) is 11.2 Å². The first-order valence-corrected chi connectivity index (χ1v) is 5.94. The average molecular weight is 250 g/mol. The second-order valence-electron chi connectivity index (χ2n) is 4.41. The predicted molar refractivity (Wildman–Crippen MR) is 71.5 cm³/mol. The number of hydrogen-bond donors (Lipinski definition) is 0. The van der Waals surface area contributed by atoms with Gasteiger partial charge in [0.05, 0.1) is 5.56 Å². The number of fused-ring (bicyclic) bond motifs is 2. The van der Waals surface area contributed by atoms with Crippen molar-refractivity contribution in [3.8, 4) is 11.5 Å². The molecule has 0 aromatic carbocycles. The summed E-state index contributed by atoms with van der Waals surface area (Å²) < 4.78 is 7.62.